The Morgan fingerprint density at radius 2 is 2.00 bits per heavy atom. The molecule has 0 amide bonds. The maximum Gasteiger partial charge on any atom is 0.108 e. The molecule has 4 heteroatoms. The van der Waals surface area contributed by atoms with Crippen LogP contribution in [0.1, 0.15) is 39.5 Å². The normalized spacial score (nSPS) is 33.4. The van der Waals surface area contributed by atoms with Crippen LogP contribution in [0, 0.1) is 11.3 Å². The van der Waals surface area contributed by atoms with Gasteiger partial charge in [-0.15, -0.1) is 0 Å². The molecule has 2 unspecified atom stereocenters. The van der Waals surface area contributed by atoms with Gasteiger partial charge < -0.3 is 4.90 Å². The Bertz CT molecular complexity index is 317. The molecule has 108 valence electrons. The van der Waals surface area contributed by atoms with E-state index in [1.165, 1.54) is 39.1 Å². The Hall–Kier alpha value is -0.630. The van der Waals surface area contributed by atoms with Gasteiger partial charge >= 0.3 is 0 Å². The molecule has 1 aliphatic heterocycles. The fourth-order valence-corrected chi connectivity index (χ4v) is 3.44. The van der Waals surface area contributed by atoms with E-state index in [1.807, 2.05) is 0 Å². The van der Waals surface area contributed by atoms with Crippen molar-refractivity contribution in [1.29, 1.82) is 5.26 Å². The van der Waals surface area contributed by atoms with Crippen LogP contribution < -0.4 is 5.32 Å². The lowest BCUT2D eigenvalue weighted by molar-refractivity contribution is 0.0990. The second kappa shape index (κ2) is 6.69. The molecule has 19 heavy (non-hydrogen) atoms. The van der Waals surface area contributed by atoms with Crippen LogP contribution in [0.25, 0.3) is 0 Å². The fourth-order valence-electron chi connectivity index (χ4n) is 3.44. The van der Waals surface area contributed by atoms with Crippen LogP contribution in [-0.2, 0) is 0 Å². The van der Waals surface area contributed by atoms with Crippen molar-refractivity contribution in [3.8, 4) is 6.07 Å². The first-order valence-electron chi connectivity index (χ1n) is 7.85. The van der Waals surface area contributed by atoms with Gasteiger partial charge in [-0.2, -0.15) is 5.26 Å². The third kappa shape index (κ3) is 3.47. The topological polar surface area (TPSA) is 42.3 Å². The molecule has 4 nitrogen and oxygen atoms in total. The SMILES string of the molecule is CCCNC1(C#N)CCC(N2CCN(CC)CC2)C1. The van der Waals surface area contributed by atoms with Crippen molar-refractivity contribution in [3.05, 3.63) is 0 Å². The number of hydrogen-bond donors (Lipinski definition) is 1. The Balaban J connectivity index is 1.86. The summed E-state index contributed by atoms with van der Waals surface area (Å²) in [5.74, 6) is 0. The highest BCUT2D eigenvalue weighted by atomic mass is 15.3. The summed E-state index contributed by atoms with van der Waals surface area (Å²) in [4.78, 5) is 5.12. The van der Waals surface area contributed by atoms with Gasteiger partial charge in [-0.1, -0.05) is 13.8 Å². The maximum atomic E-state index is 9.50. The van der Waals surface area contributed by atoms with Crippen LogP contribution in [0.15, 0.2) is 0 Å². The van der Waals surface area contributed by atoms with E-state index >= 15 is 0 Å². The van der Waals surface area contributed by atoms with Crippen LogP contribution >= 0.6 is 0 Å². The Morgan fingerprint density at radius 3 is 2.58 bits per heavy atom. The molecule has 1 heterocycles. The van der Waals surface area contributed by atoms with E-state index in [2.05, 4.69) is 35.0 Å². The highest BCUT2D eigenvalue weighted by Gasteiger charge is 2.41. The molecular weight excluding hydrogens is 236 g/mol. The Morgan fingerprint density at radius 1 is 1.26 bits per heavy atom. The fraction of sp³-hybridized carbons (Fsp3) is 0.933. The first kappa shape index (κ1) is 14.8. The molecule has 0 aromatic carbocycles. The highest BCUT2D eigenvalue weighted by Crippen LogP contribution is 2.33. The minimum Gasteiger partial charge on any atom is -0.301 e. The largest absolute Gasteiger partial charge is 0.301 e. The molecule has 0 spiro atoms. The lowest BCUT2D eigenvalue weighted by Crippen LogP contribution is -2.51. The van der Waals surface area contributed by atoms with Gasteiger partial charge in [-0.3, -0.25) is 10.2 Å². The average Bonchev–Trinajstić information content (AvgIpc) is 2.90. The zero-order valence-corrected chi connectivity index (χ0v) is 12.5. The van der Waals surface area contributed by atoms with Crippen molar-refractivity contribution in [2.45, 2.75) is 51.1 Å². The number of nitrogens with one attached hydrogen (secondary N) is 1. The van der Waals surface area contributed by atoms with Crippen molar-refractivity contribution in [2.75, 3.05) is 39.3 Å². The molecule has 1 saturated carbocycles. The summed E-state index contributed by atoms with van der Waals surface area (Å²) in [6.45, 7) is 11.3. The Labute approximate surface area is 117 Å². The summed E-state index contributed by atoms with van der Waals surface area (Å²) in [6.07, 6.45) is 4.30. The molecule has 0 radical (unpaired) electrons. The molecule has 2 atom stereocenters. The third-order valence-corrected chi connectivity index (χ3v) is 4.79. The summed E-state index contributed by atoms with van der Waals surface area (Å²) in [5.41, 5.74) is -0.247. The predicted molar refractivity (Wildman–Crippen MR) is 78.0 cm³/mol. The summed E-state index contributed by atoms with van der Waals surface area (Å²) in [7, 11) is 0. The van der Waals surface area contributed by atoms with Gasteiger partial charge in [-0.25, -0.2) is 0 Å². The summed E-state index contributed by atoms with van der Waals surface area (Å²) < 4.78 is 0. The summed E-state index contributed by atoms with van der Waals surface area (Å²) >= 11 is 0. The highest BCUT2D eigenvalue weighted by molar-refractivity contribution is 5.13. The van der Waals surface area contributed by atoms with Gasteiger partial charge in [0.1, 0.15) is 5.54 Å². The second-order valence-corrected chi connectivity index (χ2v) is 5.99. The van der Waals surface area contributed by atoms with Crippen molar-refractivity contribution in [3.63, 3.8) is 0 Å². The molecule has 0 bridgehead atoms. The molecule has 0 aromatic rings. The first-order valence-corrected chi connectivity index (χ1v) is 7.85. The minimum absolute atomic E-state index is 0.247. The van der Waals surface area contributed by atoms with Crippen LogP contribution in [0.4, 0.5) is 0 Å². The van der Waals surface area contributed by atoms with E-state index in [0.29, 0.717) is 6.04 Å². The lowest BCUT2D eigenvalue weighted by atomic mass is 9.99. The summed E-state index contributed by atoms with van der Waals surface area (Å²) in [6, 6.07) is 3.17. The van der Waals surface area contributed by atoms with E-state index < -0.39 is 0 Å². The zero-order valence-electron chi connectivity index (χ0n) is 12.5. The number of rotatable bonds is 5. The van der Waals surface area contributed by atoms with Crippen molar-refractivity contribution in [1.82, 2.24) is 15.1 Å². The van der Waals surface area contributed by atoms with Crippen LogP contribution in [-0.4, -0.2) is 60.6 Å². The molecule has 2 rings (SSSR count). The monoisotopic (exact) mass is 264 g/mol. The van der Waals surface area contributed by atoms with E-state index in [1.54, 1.807) is 0 Å². The van der Waals surface area contributed by atoms with Crippen LogP contribution in [0.3, 0.4) is 0 Å². The number of hydrogen-bond acceptors (Lipinski definition) is 4. The number of likely N-dealkylation sites (N-methyl/N-ethyl adjacent to an activating group) is 1. The van der Waals surface area contributed by atoms with E-state index in [0.717, 1.165) is 25.8 Å². The molecule has 2 fully saturated rings. The van der Waals surface area contributed by atoms with E-state index in [9.17, 15) is 5.26 Å². The molecule has 1 saturated heterocycles. The quantitative estimate of drug-likeness (QED) is 0.816. The first-order chi connectivity index (χ1) is 9.23. The van der Waals surface area contributed by atoms with Crippen LogP contribution in [0.2, 0.25) is 0 Å². The Kier molecular flexibility index (Phi) is 5.20. The zero-order chi connectivity index (χ0) is 13.7. The van der Waals surface area contributed by atoms with E-state index in [-0.39, 0.29) is 5.54 Å². The van der Waals surface area contributed by atoms with E-state index in [4.69, 9.17) is 0 Å². The molecule has 1 aliphatic carbocycles. The van der Waals surface area contributed by atoms with Gasteiger partial charge in [0.2, 0.25) is 0 Å². The van der Waals surface area contributed by atoms with Crippen molar-refractivity contribution >= 4 is 0 Å². The standard InChI is InChI=1S/C15H28N4/c1-3-7-17-15(13-16)6-5-14(12-15)19-10-8-18(4-2)9-11-19/h14,17H,3-12H2,1-2H3. The van der Waals surface area contributed by atoms with Gasteiger partial charge in [0.05, 0.1) is 6.07 Å². The van der Waals surface area contributed by atoms with Gasteiger partial charge in [0, 0.05) is 32.2 Å². The van der Waals surface area contributed by atoms with Gasteiger partial charge in [0.15, 0.2) is 0 Å². The number of nitriles is 1. The smallest absolute Gasteiger partial charge is 0.108 e. The lowest BCUT2D eigenvalue weighted by Gasteiger charge is -2.38. The molecule has 0 aromatic heterocycles. The molecule has 2 aliphatic rings. The van der Waals surface area contributed by atoms with Gasteiger partial charge in [0.25, 0.3) is 0 Å². The van der Waals surface area contributed by atoms with Crippen LogP contribution in [0.5, 0.6) is 0 Å². The minimum atomic E-state index is -0.247. The average molecular weight is 264 g/mol. The predicted octanol–water partition coefficient (Wildman–Crippen LogP) is 1.44. The summed E-state index contributed by atoms with van der Waals surface area (Å²) in [5, 5.41) is 13.0. The number of piperazine rings is 1. The van der Waals surface area contributed by atoms with Crippen molar-refractivity contribution < 1.29 is 0 Å². The molecule has 1 N–H and O–H groups in total. The van der Waals surface area contributed by atoms with Crippen molar-refractivity contribution in [2.24, 2.45) is 0 Å². The maximum absolute atomic E-state index is 9.50. The molecular formula is C15H28N4. The van der Waals surface area contributed by atoms with Gasteiger partial charge in [-0.05, 0) is 38.8 Å². The number of nitrogens with zero attached hydrogens (tertiary/aromatic N) is 3. The third-order valence-electron chi connectivity index (χ3n) is 4.79. The second-order valence-electron chi connectivity index (χ2n) is 5.99.